The number of fused-ring (bicyclic) bond motifs is 1. The van der Waals surface area contributed by atoms with Crippen LogP contribution in [0.25, 0.3) is 10.9 Å². The van der Waals surface area contributed by atoms with Crippen molar-refractivity contribution in [3.63, 3.8) is 0 Å². The lowest BCUT2D eigenvalue weighted by Gasteiger charge is -2.22. The number of rotatable bonds is 5. The van der Waals surface area contributed by atoms with Gasteiger partial charge < -0.3 is 19.2 Å². The van der Waals surface area contributed by atoms with Crippen LogP contribution in [-0.2, 0) is 16.3 Å². The van der Waals surface area contributed by atoms with E-state index in [1.807, 2.05) is 49.4 Å². The monoisotopic (exact) mass is 426 g/mol. The highest BCUT2D eigenvalue weighted by molar-refractivity contribution is 7.51. The van der Waals surface area contributed by atoms with Crippen molar-refractivity contribution < 1.29 is 22.6 Å². The highest BCUT2D eigenvalue weighted by atomic mass is 32.1. The van der Waals surface area contributed by atoms with Crippen LogP contribution < -0.4 is 9.47 Å². The average Bonchev–Trinajstić information content (AvgIpc) is 3.18. The highest BCUT2D eigenvalue weighted by Gasteiger charge is 2.16. The van der Waals surface area contributed by atoms with Crippen LogP contribution in [0.1, 0.15) is 24.1 Å². The molecule has 0 unspecified atom stereocenters. The summed E-state index contributed by atoms with van der Waals surface area (Å²) >= 11 is -0.750. The number of H-pyrrole nitrogens is 1. The molecule has 0 saturated carbocycles. The molecule has 1 saturated heterocycles. The quantitative estimate of drug-likeness (QED) is 0.654. The summed E-state index contributed by atoms with van der Waals surface area (Å²) in [6.45, 7) is 4.26. The lowest BCUT2D eigenvalue weighted by atomic mass is 10.0. The minimum atomic E-state index is -0.750. The van der Waals surface area contributed by atoms with E-state index in [4.69, 9.17) is 22.6 Å². The number of nitrogens with zero attached hydrogens (tertiary/aromatic N) is 1. The lowest BCUT2D eigenvalue weighted by molar-refractivity contribution is 0.0499. The third-order valence-electron chi connectivity index (χ3n) is 4.86. The van der Waals surface area contributed by atoms with Gasteiger partial charge in [0.25, 0.3) is 0 Å². The molecule has 1 fully saturated rings. The summed E-state index contributed by atoms with van der Waals surface area (Å²) < 4.78 is 34.2. The topological polar surface area (TPSA) is 101 Å². The molecule has 156 valence electrons. The summed E-state index contributed by atoms with van der Waals surface area (Å²) in [6, 6.07) is 15.7. The van der Waals surface area contributed by atoms with Crippen molar-refractivity contribution in [2.24, 2.45) is 5.92 Å². The van der Waals surface area contributed by atoms with E-state index in [1.54, 1.807) is 0 Å². The average molecular weight is 426 g/mol. The molecule has 0 radical (unpaired) electrons. The molecule has 0 aliphatic carbocycles. The van der Waals surface area contributed by atoms with Crippen molar-refractivity contribution in [1.29, 1.82) is 5.26 Å². The molecule has 30 heavy (non-hydrogen) atoms. The second-order valence-electron chi connectivity index (χ2n) is 7.03. The fraction of sp³-hybridized carbons (Fsp3) is 0.318. The number of aromatic amines is 1. The number of aryl methyl sites for hydroxylation is 1. The first-order chi connectivity index (χ1) is 14.6. The van der Waals surface area contributed by atoms with Gasteiger partial charge in [-0.25, -0.2) is 0 Å². The van der Waals surface area contributed by atoms with Crippen molar-refractivity contribution in [1.82, 2.24) is 4.98 Å². The van der Waals surface area contributed by atoms with Crippen LogP contribution in [0, 0.1) is 24.2 Å². The number of ether oxygens (including phenoxy) is 3. The smallest absolute Gasteiger partial charge is 0.335 e. The Balaban J connectivity index is 0.000000806. The Kier molecular flexibility index (Phi) is 7.60. The van der Waals surface area contributed by atoms with Gasteiger partial charge in [-0.2, -0.15) is 13.7 Å². The van der Waals surface area contributed by atoms with E-state index < -0.39 is 11.6 Å². The molecule has 1 aliphatic heterocycles. The lowest BCUT2D eigenvalue weighted by Crippen LogP contribution is -2.21. The Hall–Kier alpha value is -3.15. The van der Waals surface area contributed by atoms with Gasteiger partial charge in [0.15, 0.2) is 0 Å². The third-order valence-corrected chi connectivity index (χ3v) is 4.86. The van der Waals surface area contributed by atoms with E-state index >= 15 is 0 Å². The van der Waals surface area contributed by atoms with Crippen LogP contribution in [0.4, 0.5) is 0 Å². The molecule has 1 aliphatic rings. The van der Waals surface area contributed by atoms with Gasteiger partial charge in [-0.05, 0) is 49.9 Å². The first-order valence-electron chi connectivity index (χ1n) is 9.56. The fourth-order valence-electron chi connectivity index (χ4n) is 3.28. The third kappa shape index (κ3) is 5.69. The van der Waals surface area contributed by atoms with E-state index in [2.05, 4.69) is 11.1 Å². The zero-order valence-electron chi connectivity index (χ0n) is 16.6. The largest absolute Gasteiger partial charge is 0.491 e. The number of hydrogen-bond donors (Lipinski definition) is 1. The van der Waals surface area contributed by atoms with Crippen LogP contribution in [0.5, 0.6) is 17.2 Å². The maximum absolute atomic E-state index is 9.23. The Morgan fingerprint density at radius 1 is 1.13 bits per heavy atom. The molecule has 1 N–H and O–H groups in total. The van der Waals surface area contributed by atoms with Crippen LogP contribution in [0.15, 0.2) is 42.5 Å². The summed E-state index contributed by atoms with van der Waals surface area (Å²) in [4.78, 5) is 3.13. The van der Waals surface area contributed by atoms with E-state index in [0.29, 0.717) is 29.7 Å². The molecule has 0 atom stereocenters. The fourth-order valence-corrected chi connectivity index (χ4v) is 3.28. The molecule has 3 aromatic rings. The maximum Gasteiger partial charge on any atom is 0.335 e. The minimum Gasteiger partial charge on any atom is -0.491 e. The maximum atomic E-state index is 9.23. The predicted octanol–water partition coefficient (Wildman–Crippen LogP) is 4.28. The summed E-state index contributed by atoms with van der Waals surface area (Å²) in [5.41, 5.74) is 2.52. The minimum absolute atomic E-state index is 0.487. The van der Waals surface area contributed by atoms with Crippen molar-refractivity contribution >= 4 is 22.5 Å². The van der Waals surface area contributed by atoms with Crippen molar-refractivity contribution in [3.8, 4) is 23.3 Å². The van der Waals surface area contributed by atoms with Crippen LogP contribution in [-0.4, -0.2) is 33.2 Å². The van der Waals surface area contributed by atoms with Gasteiger partial charge in [0.05, 0.1) is 12.1 Å². The first-order valence-corrected chi connectivity index (χ1v) is 10.2. The molecule has 1 aromatic heterocycles. The van der Waals surface area contributed by atoms with E-state index in [9.17, 15) is 5.26 Å². The molecule has 2 heterocycles. The number of nitriles is 1. The molecule has 8 heteroatoms. The Morgan fingerprint density at radius 3 is 2.50 bits per heavy atom. The Morgan fingerprint density at radius 2 is 1.83 bits per heavy atom. The van der Waals surface area contributed by atoms with Crippen LogP contribution >= 0.6 is 0 Å². The summed E-state index contributed by atoms with van der Waals surface area (Å²) in [5, 5.41) is 10.1. The second kappa shape index (κ2) is 10.6. The van der Waals surface area contributed by atoms with Crippen molar-refractivity contribution in [2.75, 3.05) is 19.8 Å². The molecular formula is C22H22N2O5S. The first kappa shape index (κ1) is 21.6. The van der Waals surface area contributed by atoms with Gasteiger partial charge >= 0.3 is 11.6 Å². The summed E-state index contributed by atoms with van der Waals surface area (Å²) in [7, 11) is 0. The van der Waals surface area contributed by atoms with Crippen molar-refractivity contribution in [2.45, 2.75) is 19.8 Å². The zero-order valence-corrected chi connectivity index (χ0v) is 17.4. The second-order valence-corrected chi connectivity index (χ2v) is 7.17. The van der Waals surface area contributed by atoms with Crippen LogP contribution in [0.2, 0.25) is 0 Å². The van der Waals surface area contributed by atoms with Gasteiger partial charge in [0.2, 0.25) is 0 Å². The highest BCUT2D eigenvalue weighted by Crippen LogP contribution is 2.34. The SMILES string of the molecule is Cc1ccc(Oc2cc(OCC3CCOCC3)c3[nH]c(C#N)cc3c2)cc1.O=S=O. The molecule has 0 bridgehead atoms. The predicted molar refractivity (Wildman–Crippen MR) is 112 cm³/mol. The molecule has 7 nitrogen and oxygen atoms in total. The molecule has 2 aromatic carbocycles. The normalized spacial score (nSPS) is 13.7. The van der Waals surface area contributed by atoms with Crippen LogP contribution in [0.3, 0.4) is 0 Å². The van der Waals surface area contributed by atoms with E-state index in [0.717, 1.165) is 42.7 Å². The summed E-state index contributed by atoms with van der Waals surface area (Å²) in [5.74, 6) is 2.66. The van der Waals surface area contributed by atoms with Crippen molar-refractivity contribution in [3.05, 3.63) is 53.7 Å². The molecule has 0 amide bonds. The van der Waals surface area contributed by atoms with Gasteiger partial charge in [-0.1, -0.05) is 17.7 Å². The number of nitrogens with one attached hydrogen (secondary N) is 1. The summed E-state index contributed by atoms with van der Waals surface area (Å²) in [6.07, 6.45) is 2.02. The molecule has 0 spiro atoms. The Bertz CT molecular complexity index is 1060. The number of aromatic nitrogens is 1. The van der Waals surface area contributed by atoms with E-state index in [-0.39, 0.29) is 0 Å². The van der Waals surface area contributed by atoms with Gasteiger partial charge in [0, 0.05) is 24.7 Å². The Labute approximate surface area is 178 Å². The molecular weight excluding hydrogens is 404 g/mol. The van der Waals surface area contributed by atoms with Gasteiger partial charge in [0.1, 0.15) is 29.0 Å². The standard InChI is InChI=1S/C22H22N2O3.O2S/c1-15-2-4-19(5-3-15)27-20-11-17-10-18(13-23)24-22(17)21(12-20)26-14-16-6-8-25-9-7-16;1-3-2/h2-5,10-12,16,24H,6-9,14H2,1H3;. The van der Waals surface area contributed by atoms with E-state index in [1.165, 1.54) is 5.56 Å². The molecule has 4 rings (SSSR count). The van der Waals surface area contributed by atoms with Gasteiger partial charge in [-0.15, -0.1) is 0 Å². The van der Waals surface area contributed by atoms with Gasteiger partial charge in [-0.3, -0.25) is 0 Å². The number of hydrogen-bond acceptors (Lipinski definition) is 6. The zero-order chi connectivity index (χ0) is 21.3. The number of benzene rings is 2.